The molecule has 1 aromatic carbocycles. The molecule has 1 aromatic rings. The van der Waals surface area contributed by atoms with Crippen LogP contribution in [-0.4, -0.2) is 24.8 Å². The molecular formula is C10H11NO5. The van der Waals surface area contributed by atoms with E-state index in [1.54, 1.807) is 12.1 Å². The molecule has 0 spiro atoms. The van der Waals surface area contributed by atoms with Crippen molar-refractivity contribution in [2.45, 2.75) is 6.42 Å². The number of ether oxygens (including phenoxy) is 2. The monoisotopic (exact) mass is 225 g/mol. The van der Waals surface area contributed by atoms with Gasteiger partial charge in [-0.2, -0.15) is 0 Å². The zero-order valence-electron chi connectivity index (χ0n) is 8.71. The van der Waals surface area contributed by atoms with Crippen molar-refractivity contribution in [3.63, 3.8) is 0 Å². The highest BCUT2D eigenvalue weighted by Crippen LogP contribution is 2.12. The first-order valence-electron chi connectivity index (χ1n) is 4.57. The minimum Gasteiger partial charge on any atom is -0.438 e. The van der Waals surface area contributed by atoms with Gasteiger partial charge in [-0.05, 0) is 5.56 Å². The summed E-state index contributed by atoms with van der Waals surface area (Å²) in [5.74, 6) is 0. The molecule has 0 aliphatic carbocycles. The maximum absolute atomic E-state index is 10.6. The van der Waals surface area contributed by atoms with Crippen LogP contribution in [0.3, 0.4) is 0 Å². The molecule has 0 amide bonds. The topological polar surface area (TPSA) is 78.7 Å². The first-order chi connectivity index (χ1) is 7.63. The van der Waals surface area contributed by atoms with Gasteiger partial charge in [0.1, 0.15) is 0 Å². The second-order valence-electron chi connectivity index (χ2n) is 2.98. The Morgan fingerprint density at radius 2 is 2.00 bits per heavy atom. The molecule has 6 nitrogen and oxygen atoms in total. The van der Waals surface area contributed by atoms with Crippen molar-refractivity contribution < 1.29 is 19.2 Å². The third kappa shape index (κ3) is 3.56. The van der Waals surface area contributed by atoms with E-state index in [9.17, 15) is 14.9 Å². The van der Waals surface area contributed by atoms with Gasteiger partial charge in [0.15, 0.2) is 0 Å². The van der Waals surface area contributed by atoms with Crippen LogP contribution >= 0.6 is 0 Å². The molecule has 0 bridgehead atoms. The van der Waals surface area contributed by atoms with E-state index in [0.717, 1.165) is 5.56 Å². The standard InChI is InChI=1S/C10H11NO5/c1-15-10(12)16-7-6-8-2-4-9(5-3-8)11(13)14/h2-5H,6-7H2,1H3. The van der Waals surface area contributed by atoms with Gasteiger partial charge in [-0.25, -0.2) is 4.79 Å². The Morgan fingerprint density at radius 1 is 1.38 bits per heavy atom. The van der Waals surface area contributed by atoms with Crippen LogP contribution in [0.25, 0.3) is 0 Å². The fourth-order valence-corrected chi connectivity index (χ4v) is 1.10. The molecule has 0 aliphatic heterocycles. The molecule has 0 aromatic heterocycles. The smallest absolute Gasteiger partial charge is 0.438 e. The second-order valence-corrected chi connectivity index (χ2v) is 2.98. The van der Waals surface area contributed by atoms with Crippen LogP contribution in [0.15, 0.2) is 24.3 Å². The average molecular weight is 225 g/mol. The number of methoxy groups -OCH3 is 1. The predicted molar refractivity (Wildman–Crippen MR) is 55.2 cm³/mol. The van der Waals surface area contributed by atoms with Gasteiger partial charge >= 0.3 is 6.16 Å². The number of carbonyl (C=O) groups is 1. The molecule has 0 heterocycles. The summed E-state index contributed by atoms with van der Waals surface area (Å²) in [6.07, 6.45) is -0.241. The highest BCUT2D eigenvalue weighted by atomic mass is 16.7. The molecule has 1 rings (SSSR count). The van der Waals surface area contributed by atoms with Gasteiger partial charge in [0.25, 0.3) is 5.69 Å². The summed E-state index contributed by atoms with van der Waals surface area (Å²) >= 11 is 0. The number of non-ortho nitro benzene ring substituents is 1. The van der Waals surface area contributed by atoms with E-state index in [0.29, 0.717) is 6.42 Å². The van der Waals surface area contributed by atoms with Crippen LogP contribution in [0.4, 0.5) is 10.5 Å². The molecule has 0 aliphatic rings. The summed E-state index contributed by atoms with van der Waals surface area (Å²) in [4.78, 5) is 20.5. The van der Waals surface area contributed by atoms with E-state index in [1.165, 1.54) is 19.2 Å². The summed E-state index contributed by atoms with van der Waals surface area (Å²) < 4.78 is 8.97. The zero-order valence-corrected chi connectivity index (χ0v) is 8.71. The lowest BCUT2D eigenvalue weighted by Crippen LogP contribution is -2.07. The molecule has 0 atom stereocenters. The summed E-state index contributed by atoms with van der Waals surface area (Å²) in [7, 11) is 1.23. The fourth-order valence-electron chi connectivity index (χ4n) is 1.10. The van der Waals surface area contributed by atoms with Crippen LogP contribution in [0, 0.1) is 10.1 Å². The number of carbonyl (C=O) groups excluding carboxylic acids is 1. The molecule has 0 saturated carbocycles. The Labute approximate surface area is 91.9 Å². The molecular weight excluding hydrogens is 214 g/mol. The Hall–Kier alpha value is -2.11. The third-order valence-corrected chi connectivity index (χ3v) is 1.92. The summed E-state index contributed by atoms with van der Waals surface area (Å²) in [6.45, 7) is 0.185. The lowest BCUT2D eigenvalue weighted by atomic mass is 10.1. The number of nitro groups is 1. The SMILES string of the molecule is COC(=O)OCCc1ccc([N+](=O)[O-])cc1. The minimum absolute atomic E-state index is 0.0395. The molecule has 0 saturated heterocycles. The maximum Gasteiger partial charge on any atom is 0.507 e. The van der Waals surface area contributed by atoms with Gasteiger partial charge in [0.05, 0.1) is 18.6 Å². The highest BCUT2D eigenvalue weighted by Gasteiger charge is 2.04. The van der Waals surface area contributed by atoms with Gasteiger partial charge in [-0.1, -0.05) is 12.1 Å². The van der Waals surface area contributed by atoms with Crippen molar-refractivity contribution in [2.24, 2.45) is 0 Å². The average Bonchev–Trinajstić information content (AvgIpc) is 2.29. The third-order valence-electron chi connectivity index (χ3n) is 1.92. The number of hydrogen-bond acceptors (Lipinski definition) is 5. The lowest BCUT2D eigenvalue weighted by molar-refractivity contribution is -0.384. The summed E-state index contributed by atoms with van der Waals surface area (Å²) in [5, 5.41) is 10.4. The van der Waals surface area contributed by atoms with Gasteiger partial charge in [-0.3, -0.25) is 10.1 Å². The van der Waals surface area contributed by atoms with Crippen molar-refractivity contribution in [1.29, 1.82) is 0 Å². The molecule has 6 heteroatoms. The van der Waals surface area contributed by atoms with Crippen LogP contribution in [-0.2, 0) is 15.9 Å². The van der Waals surface area contributed by atoms with E-state index in [2.05, 4.69) is 9.47 Å². The summed E-state index contributed by atoms with van der Waals surface area (Å²) in [6, 6.07) is 6.07. The maximum atomic E-state index is 10.6. The van der Waals surface area contributed by atoms with Crippen LogP contribution in [0.2, 0.25) is 0 Å². The zero-order chi connectivity index (χ0) is 12.0. The van der Waals surface area contributed by atoms with Gasteiger partial charge in [0, 0.05) is 18.6 Å². The van der Waals surface area contributed by atoms with Gasteiger partial charge in [0.2, 0.25) is 0 Å². The van der Waals surface area contributed by atoms with Crippen LogP contribution < -0.4 is 0 Å². The molecule has 0 N–H and O–H groups in total. The van der Waals surface area contributed by atoms with E-state index < -0.39 is 11.1 Å². The van der Waals surface area contributed by atoms with E-state index in [1.807, 2.05) is 0 Å². The van der Waals surface area contributed by atoms with Gasteiger partial charge < -0.3 is 9.47 Å². The first kappa shape index (κ1) is 12.0. The van der Waals surface area contributed by atoms with Crippen LogP contribution in [0.5, 0.6) is 0 Å². The quantitative estimate of drug-likeness (QED) is 0.444. The van der Waals surface area contributed by atoms with Crippen LogP contribution in [0.1, 0.15) is 5.56 Å². The Kier molecular flexibility index (Phi) is 4.26. The number of rotatable bonds is 4. The Bertz CT molecular complexity index is 373. The Balaban J connectivity index is 2.43. The second kappa shape index (κ2) is 5.69. The van der Waals surface area contributed by atoms with Crippen molar-refractivity contribution >= 4 is 11.8 Å². The molecule has 0 fully saturated rings. The summed E-state index contributed by atoms with van der Waals surface area (Å²) in [5.41, 5.74) is 0.895. The van der Waals surface area contributed by atoms with E-state index in [4.69, 9.17) is 0 Å². The molecule has 86 valence electrons. The van der Waals surface area contributed by atoms with E-state index in [-0.39, 0.29) is 12.3 Å². The van der Waals surface area contributed by atoms with Crippen molar-refractivity contribution in [3.05, 3.63) is 39.9 Å². The minimum atomic E-state index is -0.734. The van der Waals surface area contributed by atoms with Gasteiger partial charge in [-0.15, -0.1) is 0 Å². The van der Waals surface area contributed by atoms with Crippen molar-refractivity contribution in [1.82, 2.24) is 0 Å². The molecule has 16 heavy (non-hydrogen) atoms. The molecule has 0 unspecified atom stereocenters. The first-order valence-corrected chi connectivity index (χ1v) is 4.57. The normalized spacial score (nSPS) is 9.56. The molecule has 0 radical (unpaired) electrons. The number of benzene rings is 1. The Morgan fingerprint density at radius 3 is 2.50 bits per heavy atom. The van der Waals surface area contributed by atoms with Crippen molar-refractivity contribution in [3.8, 4) is 0 Å². The number of nitrogens with zero attached hydrogens (tertiary/aromatic N) is 1. The van der Waals surface area contributed by atoms with E-state index >= 15 is 0 Å². The number of hydrogen-bond donors (Lipinski definition) is 0. The highest BCUT2D eigenvalue weighted by molar-refractivity contribution is 5.59. The van der Waals surface area contributed by atoms with Crippen molar-refractivity contribution in [2.75, 3.05) is 13.7 Å². The lowest BCUT2D eigenvalue weighted by Gasteiger charge is -2.02. The predicted octanol–water partition coefficient (Wildman–Crippen LogP) is 1.92. The largest absolute Gasteiger partial charge is 0.507 e. The fraction of sp³-hybridized carbons (Fsp3) is 0.300. The number of nitro benzene ring substituents is 1.